The molecule has 0 saturated carbocycles. The molecule has 0 spiro atoms. The molecule has 1 heterocycles. The molecule has 0 aromatic carbocycles. The molecule has 0 fully saturated rings. The summed E-state index contributed by atoms with van der Waals surface area (Å²) in [5.41, 5.74) is 1.17. The second kappa shape index (κ2) is 5.55. The molecule has 0 amide bonds. The van der Waals surface area contributed by atoms with Gasteiger partial charge in [0.2, 0.25) is 0 Å². The molecule has 86 valence electrons. The number of alkyl halides is 1. The lowest BCUT2D eigenvalue weighted by molar-refractivity contribution is 0.494. The summed E-state index contributed by atoms with van der Waals surface area (Å²) < 4.78 is 2.01. The zero-order valence-electron chi connectivity index (χ0n) is 10.1. The van der Waals surface area contributed by atoms with Crippen molar-refractivity contribution < 1.29 is 0 Å². The Morgan fingerprint density at radius 3 is 2.47 bits per heavy atom. The average molecular weight is 229 g/mol. The van der Waals surface area contributed by atoms with Crippen molar-refractivity contribution in [3.8, 4) is 0 Å². The number of rotatable bonds is 5. The first-order chi connectivity index (χ1) is 6.99. The van der Waals surface area contributed by atoms with E-state index in [0.717, 1.165) is 12.8 Å². The van der Waals surface area contributed by atoms with Crippen molar-refractivity contribution in [1.82, 2.24) is 9.78 Å². The fourth-order valence-electron chi connectivity index (χ4n) is 1.77. The van der Waals surface area contributed by atoms with Crippen LogP contribution in [-0.4, -0.2) is 15.2 Å². The Hall–Kier alpha value is -0.500. The van der Waals surface area contributed by atoms with E-state index in [1.165, 1.54) is 5.69 Å². The van der Waals surface area contributed by atoms with Crippen molar-refractivity contribution in [2.24, 2.45) is 5.92 Å². The van der Waals surface area contributed by atoms with Gasteiger partial charge in [0.15, 0.2) is 0 Å². The molecule has 1 aromatic rings. The normalized spacial score (nSPS) is 15.6. The van der Waals surface area contributed by atoms with E-state index >= 15 is 0 Å². The van der Waals surface area contributed by atoms with Crippen molar-refractivity contribution >= 4 is 11.6 Å². The van der Waals surface area contributed by atoms with E-state index in [9.17, 15) is 0 Å². The quantitative estimate of drug-likeness (QED) is 0.704. The summed E-state index contributed by atoms with van der Waals surface area (Å²) in [5.74, 6) is 0.605. The van der Waals surface area contributed by atoms with Crippen LogP contribution in [0, 0.1) is 5.92 Å². The first-order valence-corrected chi connectivity index (χ1v) is 6.10. The SMILES string of the molecule is CC(Cl)CC(C)Cc1ccn(C(C)C)n1. The van der Waals surface area contributed by atoms with E-state index in [0.29, 0.717) is 12.0 Å². The molecule has 15 heavy (non-hydrogen) atoms. The summed E-state index contributed by atoms with van der Waals surface area (Å²) in [5, 5.41) is 4.79. The van der Waals surface area contributed by atoms with Gasteiger partial charge in [-0.15, -0.1) is 11.6 Å². The lowest BCUT2D eigenvalue weighted by atomic mass is 10.0. The number of aromatic nitrogens is 2. The van der Waals surface area contributed by atoms with Crippen molar-refractivity contribution in [3.05, 3.63) is 18.0 Å². The molecule has 0 radical (unpaired) electrons. The first kappa shape index (κ1) is 12.6. The molecule has 0 aliphatic heterocycles. The van der Waals surface area contributed by atoms with Crippen LogP contribution in [0.2, 0.25) is 0 Å². The fraction of sp³-hybridized carbons (Fsp3) is 0.750. The zero-order chi connectivity index (χ0) is 11.4. The molecule has 2 atom stereocenters. The summed E-state index contributed by atoms with van der Waals surface area (Å²) in [6.45, 7) is 8.56. The maximum Gasteiger partial charge on any atom is 0.0627 e. The standard InChI is InChI=1S/C12H21ClN2/c1-9(2)15-6-5-12(14-15)8-10(3)7-11(4)13/h5-6,9-11H,7-8H2,1-4H3. The van der Waals surface area contributed by atoms with Gasteiger partial charge in [0.05, 0.1) is 5.69 Å². The smallest absolute Gasteiger partial charge is 0.0627 e. The third kappa shape index (κ3) is 4.25. The van der Waals surface area contributed by atoms with Gasteiger partial charge in [-0.05, 0) is 45.6 Å². The molecule has 2 nitrogen and oxygen atoms in total. The van der Waals surface area contributed by atoms with E-state index in [-0.39, 0.29) is 5.38 Å². The average Bonchev–Trinajstić information content (AvgIpc) is 2.50. The number of nitrogens with zero attached hydrogens (tertiary/aromatic N) is 2. The van der Waals surface area contributed by atoms with Gasteiger partial charge >= 0.3 is 0 Å². The lowest BCUT2D eigenvalue weighted by Gasteiger charge is -2.11. The van der Waals surface area contributed by atoms with Gasteiger partial charge in [-0.25, -0.2) is 0 Å². The predicted octanol–water partition coefficient (Wildman–Crippen LogP) is 3.66. The van der Waals surface area contributed by atoms with Gasteiger partial charge in [0.25, 0.3) is 0 Å². The number of halogens is 1. The minimum absolute atomic E-state index is 0.257. The van der Waals surface area contributed by atoms with Crippen molar-refractivity contribution in [2.45, 2.75) is 52.0 Å². The van der Waals surface area contributed by atoms with Crippen LogP contribution in [0.3, 0.4) is 0 Å². The highest BCUT2D eigenvalue weighted by Gasteiger charge is 2.09. The Morgan fingerprint density at radius 2 is 2.00 bits per heavy atom. The van der Waals surface area contributed by atoms with Gasteiger partial charge in [0.1, 0.15) is 0 Å². The van der Waals surface area contributed by atoms with E-state index in [1.54, 1.807) is 0 Å². The molecular formula is C12H21ClN2. The van der Waals surface area contributed by atoms with Crippen molar-refractivity contribution in [3.63, 3.8) is 0 Å². The molecule has 0 N–H and O–H groups in total. The van der Waals surface area contributed by atoms with Crippen LogP contribution in [0.25, 0.3) is 0 Å². The van der Waals surface area contributed by atoms with Gasteiger partial charge in [-0.2, -0.15) is 5.10 Å². The Kier molecular flexibility index (Phi) is 4.65. The molecule has 0 aliphatic carbocycles. The van der Waals surface area contributed by atoms with E-state index in [2.05, 4.69) is 38.1 Å². The largest absolute Gasteiger partial charge is 0.270 e. The van der Waals surface area contributed by atoms with Crippen LogP contribution in [0.5, 0.6) is 0 Å². The molecule has 0 aliphatic rings. The van der Waals surface area contributed by atoms with E-state index in [4.69, 9.17) is 11.6 Å². The Bertz CT molecular complexity index is 292. The third-order valence-electron chi connectivity index (χ3n) is 2.48. The van der Waals surface area contributed by atoms with Crippen LogP contribution in [-0.2, 0) is 6.42 Å². The molecule has 2 unspecified atom stereocenters. The van der Waals surface area contributed by atoms with Crippen LogP contribution in [0.4, 0.5) is 0 Å². The summed E-state index contributed by atoms with van der Waals surface area (Å²) >= 11 is 5.97. The minimum atomic E-state index is 0.257. The lowest BCUT2D eigenvalue weighted by Crippen LogP contribution is -2.07. The molecule has 1 aromatic heterocycles. The zero-order valence-corrected chi connectivity index (χ0v) is 10.8. The molecule has 3 heteroatoms. The van der Waals surface area contributed by atoms with Crippen LogP contribution >= 0.6 is 11.6 Å². The predicted molar refractivity (Wildman–Crippen MR) is 65.4 cm³/mol. The van der Waals surface area contributed by atoms with Gasteiger partial charge in [0, 0.05) is 17.6 Å². The topological polar surface area (TPSA) is 17.8 Å². The van der Waals surface area contributed by atoms with Crippen LogP contribution in [0.15, 0.2) is 12.3 Å². The maximum atomic E-state index is 5.97. The minimum Gasteiger partial charge on any atom is -0.270 e. The van der Waals surface area contributed by atoms with Gasteiger partial charge in [-0.1, -0.05) is 6.92 Å². The first-order valence-electron chi connectivity index (χ1n) is 5.67. The van der Waals surface area contributed by atoms with Crippen LogP contribution in [0.1, 0.15) is 45.9 Å². The monoisotopic (exact) mass is 228 g/mol. The second-order valence-electron chi connectivity index (χ2n) is 4.71. The Morgan fingerprint density at radius 1 is 1.33 bits per heavy atom. The summed E-state index contributed by atoms with van der Waals surface area (Å²) in [7, 11) is 0. The van der Waals surface area contributed by atoms with Crippen molar-refractivity contribution in [2.75, 3.05) is 0 Å². The fourth-order valence-corrected chi connectivity index (χ4v) is 2.07. The summed E-state index contributed by atoms with van der Waals surface area (Å²) in [6, 6.07) is 2.55. The molecule has 0 saturated heterocycles. The Balaban J connectivity index is 2.49. The summed E-state index contributed by atoms with van der Waals surface area (Å²) in [4.78, 5) is 0. The highest BCUT2D eigenvalue weighted by molar-refractivity contribution is 6.20. The van der Waals surface area contributed by atoms with Gasteiger partial charge < -0.3 is 0 Å². The Labute approximate surface area is 97.6 Å². The molecule has 1 rings (SSSR count). The van der Waals surface area contributed by atoms with Gasteiger partial charge in [-0.3, -0.25) is 4.68 Å². The number of hydrogen-bond acceptors (Lipinski definition) is 1. The summed E-state index contributed by atoms with van der Waals surface area (Å²) in [6.07, 6.45) is 4.13. The van der Waals surface area contributed by atoms with Crippen LogP contribution < -0.4 is 0 Å². The highest BCUT2D eigenvalue weighted by atomic mass is 35.5. The van der Waals surface area contributed by atoms with E-state index < -0.39 is 0 Å². The molecule has 0 bridgehead atoms. The molecular weight excluding hydrogens is 208 g/mol. The maximum absolute atomic E-state index is 5.97. The number of hydrogen-bond donors (Lipinski definition) is 0. The second-order valence-corrected chi connectivity index (χ2v) is 5.45. The van der Waals surface area contributed by atoms with Crippen molar-refractivity contribution in [1.29, 1.82) is 0 Å². The van der Waals surface area contributed by atoms with E-state index in [1.807, 2.05) is 11.6 Å². The highest BCUT2D eigenvalue weighted by Crippen LogP contribution is 2.16. The third-order valence-corrected chi connectivity index (χ3v) is 2.66.